The van der Waals surface area contributed by atoms with Crippen molar-refractivity contribution in [3.8, 4) is 0 Å². The number of benzene rings is 1. The summed E-state index contributed by atoms with van der Waals surface area (Å²) in [6.07, 6.45) is 2.16. The fourth-order valence-corrected chi connectivity index (χ4v) is 4.72. The van der Waals surface area contributed by atoms with Gasteiger partial charge in [-0.2, -0.15) is 0 Å². The largest absolute Gasteiger partial charge is 0.459 e. The van der Waals surface area contributed by atoms with Gasteiger partial charge in [-0.15, -0.1) is 5.10 Å². The predicted molar refractivity (Wildman–Crippen MR) is 130 cm³/mol. The third-order valence-electron chi connectivity index (χ3n) is 6.03. The van der Waals surface area contributed by atoms with E-state index in [0.29, 0.717) is 17.0 Å². The lowest BCUT2D eigenvalue weighted by Crippen LogP contribution is -2.59. The zero-order valence-corrected chi connectivity index (χ0v) is 20.4. The van der Waals surface area contributed by atoms with Gasteiger partial charge in [0.25, 0.3) is 11.8 Å². The van der Waals surface area contributed by atoms with Crippen molar-refractivity contribution in [3.05, 3.63) is 70.6 Å². The van der Waals surface area contributed by atoms with Crippen LogP contribution in [0.1, 0.15) is 44.3 Å². The van der Waals surface area contributed by atoms with Crippen LogP contribution in [0.3, 0.4) is 0 Å². The summed E-state index contributed by atoms with van der Waals surface area (Å²) in [7, 11) is 0. The summed E-state index contributed by atoms with van der Waals surface area (Å²) in [6, 6.07) is 9.95. The van der Waals surface area contributed by atoms with E-state index in [1.165, 1.54) is 17.2 Å². The number of nitrogens with two attached hydrogens (primary N) is 1. The number of likely N-dealkylation sites (tertiary alicyclic amines) is 1. The normalized spacial score (nSPS) is 18.3. The zero-order chi connectivity index (χ0) is 25.7. The van der Waals surface area contributed by atoms with Crippen LogP contribution >= 0.6 is 11.5 Å². The van der Waals surface area contributed by atoms with Crippen molar-refractivity contribution in [1.82, 2.24) is 25.1 Å². The third kappa shape index (κ3) is 5.77. The fourth-order valence-electron chi connectivity index (χ4n) is 4.16. The van der Waals surface area contributed by atoms with Crippen molar-refractivity contribution in [1.29, 1.82) is 0 Å². The molecule has 3 heterocycles. The van der Waals surface area contributed by atoms with E-state index in [1.807, 2.05) is 30.3 Å². The molecule has 3 aromatic rings. The Kier molecular flexibility index (Phi) is 7.74. The Bertz CT molecular complexity index is 1230. The van der Waals surface area contributed by atoms with Crippen molar-refractivity contribution < 1.29 is 23.6 Å². The van der Waals surface area contributed by atoms with Crippen molar-refractivity contribution >= 4 is 35.2 Å². The maximum atomic E-state index is 13.4. The Morgan fingerprint density at radius 1 is 1.19 bits per heavy atom. The topological polar surface area (TPSA) is 161 Å². The molecule has 0 bridgehead atoms. The second kappa shape index (κ2) is 11.1. The molecule has 4 rings (SSSR count). The highest BCUT2D eigenvalue weighted by molar-refractivity contribution is 7.08. The van der Waals surface area contributed by atoms with Crippen LogP contribution in [-0.2, 0) is 16.0 Å². The Balaban J connectivity index is 1.52. The number of aromatic nitrogens is 2. The summed E-state index contributed by atoms with van der Waals surface area (Å²) in [4.78, 5) is 53.2. The average molecular weight is 511 g/mol. The number of piperidine rings is 1. The average Bonchev–Trinajstić information content (AvgIpc) is 3.56. The highest BCUT2D eigenvalue weighted by atomic mass is 32.1. The summed E-state index contributed by atoms with van der Waals surface area (Å²) in [6.45, 7) is 1.89. The first-order chi connectivity index (χ1) is 17.3. The van der Waals surface area contributed by atoms with Gasteiger partial charge in [-0.25, -0.2) is 0 Å². The molecular formula is C24H26N6O5S. The van der Waals surface area contributed by atoms with E-state index < -0.39 is 35.8 Å². The lowest BCUT2D eigenvalue weighted by molar-refractivity contribution is -0.131. The number of amides is 4. The Morgan fingerprint density at radius 3 is 2.61 bits per heavy atom. The van der Waals surface area contributed by atoms with Gasteiger partial charge < -0.3 is 25.7 Å². The van der Waals surface area contributed by atoms with E-state index in [0.717, 1.165) is 17.1 Å². The number of rotatable bonds is 8. The van der Waals surface area contributed by atoms with Crippen molar-refractivity contribution in [3.63, 3.8) is 0 Å². The molecule has 1 aliphatic rings. The monoisotopic (exact) mass is 510 g/mol. The van der Waals surface area contributed by atoms with Crippen LogP contribution in [0.4, 0.5) is 0 Å². The summed E-state index contributed by atoms with van der Waals surface area (Å²) < 4.78 is 9.04. The smallest absolute Gasteiger partial charge is 0.290 e. The Hall–Kier alpha value is -4.06. The van der Waals surface area contributed by atoms with Gasteiger partial charge in [0.05, 0.1) is 12.0 Å². The van der Waals surface area contributed by atoms with E-state index in [1.54, 1.807) is 13.0 Å². The van der Waals surface area contributed by atoms with E-state index in [4.69, 9.17) is 10.2 Å². The van der Waals surface area contributed by atoms with Crippen LogP contribution < -0.4 is 16.4 Å². The van der Waals surface area contributed by atoms with E-state index in [9.17, 15) is 19.2 Å². The number of carbonyl (C=O) groups is 4. The number of nitrogens with one attached hydrogen (secondary N) is 2. The van der Waals surface area contributed by atoms with Crippen LogP contribution in [0.15, 0.2) is 53.1 Å². The molecule has 1 aromatic carbocycles. The highest BCUT2D eigenvalue weighted by Gasteiger charge is 2.39. The van der Waals surface area contributed by atoms with Gasteiger partial charge in [0.2, 0.25) is 11.8 Å². The standard InChI is InChI=1S/C24H26N6O5S/c1-14-20(36-29-28-14)23(33)26-16-9-10-30(24(34)19-8-5-11-35-19)18(13-16)22(32)27-17(21(25)31)12-15-6-3-2-4-7-15/h2-8,11,16-18H,9-10,12-13H2,1H3,(H2,25,31)(H,26,33)(H,27,32)/t16-,17+,18-/m0/s1. The molecule has 0 aliphatic carbocycles. The lowest BCUT2D eigenvalue weighted by atomic mass is 9.95. The minimum Gasteiger partial charge on any atom is -0.459 e. The molecule has 2 aromatic heterocycles. The van der Waals surface area contributed by atoms with Crippen molar-refractivity contribution in [2.45, 2.75) is 44.3 Å². The van der Waals surface area contributed by atoms with Gasteiger partial charge in [0.1, 0.15) is 17.0 Å². The molecule has 0 saturated carbocycles. The number of aryl methyl sites for hydroxylation is 1. The van der Waals surface area contributed by atoms with Crippen LogP contribution in [0, 0.1) is 6.92 Å². The molecule has 4 amide bonds. The molecule has 4 N–H and O–H groups in total. The van der Waals surface area contributed by atoms with Crippen molar-refractivity contribution in [2.24, 2.45) is 5.73 Å². The van der Waals surface area contributed by atoms with E-state index >= 15 is 0 Å². The Labute approximate surface area is 211 Å². The minimum absolute atomic E-state index is 0.0948. The highest BCUT2D eigenvalue weighted by Crippen LogP contribution is 2.22. The first-order valence-corrected chi connectivity index (χ1v) is 12.2. The van der Waals surface area contributed by atoms with Gasteiger partial charge in [-0.1, -0.05) is 34.8 Å². The van der Waals surface area contributed by atoms with Gasteiger partial charge in [0.15, 0.2) is 5.76 Å². The Morgan fingerprint density at radius 2 is 1.97 bits per heavy atom. The number of nitrogens with zero attached hydrogens (tertiary/aromatic N) is 3. The molecular weight excluding hydrogens is 484 g/mol. The van der Waals surface area contributed by atoms with Crippen molar-refractivity contribution in [2.75, 3.05) is 6.54 Å². The van der Waals surface area contributed by atoms with E-state index in [-0.39, 0.29) is 31.1 Å². The predicted octanol–water partition coefficient (Wildman–Crippen LogP) is 1.06. The van der Waals surface area contributed by atoms with Gasteiger partial charge in [0, 0.05) is 19.0 Å². The molecule has 188 valence electrons. The second-order valence-electron chi connectivity index (χ2n) is 8.53. The maximum Gasteiger partial charge on any atom is 0.290 e. The molecule has 1 saturated heterocycles. The molecule has 36 heavy (non-hydrogen) atoms. The fraction of sp³-hybridized carbons (Fsp3) is 0.333. The molecule has 12 heteroatoms. The summed E-state index contributed by atoms with van der Waals surface area (Å²) in [5.74, 6) is -1.92. The van der Waals surface area contributed by atoms with E-state index in [2.05, 4.69) is 20.2 Å². The first kappa shape index (κ1) is 25.0. The molecule has 3 atom stereocenters. The molecule has 11 nitrogen and oxygen atoms in total. The van der Waals surface area contributed by atoms with Gasteiger partial charge >= 0.3 is 0 Å². The molecule has 1 aliphatic heterocycles. The molecule has 0 radical (unpaired) electrons. The number of hydrogen-bond donors (Lipinski definition) is 3. The molecule has 0 unspecified atom stereocenters. The summed E-state index contributed by atoms with van der Waals surface area (Å²) >= 11 is 0.989. The summed E-state index contributed by atoms with van der Waals surface area (Å²) in [5.41, 5.74) is 6.92. The molecule has 0 spiro atoms. The first-order valence-electron chi connectivity index (χ1n) is 11.4. The minimum atomic E-state index is -0.971. The third-order valence-corrected chi connectivity index (χ3v) is 6.86. The SMILES string of the molecule is Cc1nnsc1C(=O)N[C@H]1CCN(C(=O)c2ccco2)[C@H](C(=O)N[C@H](Cc2ccccc2)C(N)=O)C1. The van der Waals surface area contributed by atoms with Crippen LogP contribution in [0.25, 0.3) is 0 Å². The van der Waals surface area contributed by atoms with Crippen LogP contribution in [-0.4, -0.2) is 62.8 Å². The number of primary amides is 1. The van der Waals surface area contributed by atoms with Crippen LogP contribution in [0.2, 0.25) is 0 Å². The summed E-state index contributed by atoms with van der Waals surface area (Å²) in [5, 5.41) is 9.48. The van der Waals surface area contributed by atoms with Gasteiger partial charge in [-0.3, -0.25) is 19.2 Å². The number of carbonyl (C=O) groups excluding carboxylic acids is 4. The quantitative estimate of drug-likeness (QED) is 0.408. The van der Waals surface area contributed by atoms with Crippen LogP contribution in [0.5, 0.6) is 0 Å². The second-order valence-corrected chi connectivity index (χ2v) is 9.28. The lowest BCUT2D eigenvalue weighted by Gasteiger charge is -2.38. The zero-order valence-electron chi connectivity index (χ0n) is 19.5. The maximum absolute atomic E-state index is 13.4. The van der Waals surface area contributed by atoms with Gasteiger partial charge in [-0.05, 0) is 49.0 Å². The number of hydrogen-bond acceptors (Lipinski definition) is 8. The number of furan rings is 1. The molecule has 1 fully saturated rings.